The smallest absolute Gasteiger partial charge is 0.266 e. The highest BCUT2D eigenvalue weighted by Crippen LogP contribution is 2.68. The van der Waals surface area contributed by atoms with Crippen molar-refractivity contribution in [3.8, 4) is 0 Å². The molecule has 9 atom stereocenters. The summed E-state index contributed by atoms with van der Waals surface area (Å²) in [6.07, 6.45) is 8.39. The number of rotatable bonds is 7. The van der Waals surface area contributed by atoms with E-state index in [1.165, 1.54) is 0 Å². The summed E-state index contributed by atoms with van der Waals surface area (Å²) in [7, 11) is -4.07. The van der Waals surface area contributed by atoms with Crippen LogP contribution in [0, 0.1) is 46.3 Å². The van der Waals surface area contributed by atoms with Gasteiger partial charge < -0.3 is 10.4 Å². The van der Waals surface area contributed by atoms with Gasteiger partial charge in [-0.05, 0) is 91.3 Å². The zero-order chi connectivity index (χ0) is 24.9. The molecular formula is C26H43NO6S. The van der Waals surface area contributed by atoms with Gasteiger partial charge in [0.15, 0.2) is 0 Å². The van der Waals surface area contributed by atoms with Crippen molar-refractivity contribution in [2.24, 2.45) is 46.3 Å². The monoisotopic (exact) mass is 497 g/mol. The van der Waals surface area contributed by atoms with Crippen molar-refractivity contribution in [1.29, 1.82) is 0 Å². The Kier molecular flexibility index (Phi) is 7.27. The highest BCUT2D eigenvalue weighted by Gasteiger charge is 2.62. The average molecular weight is 498 g/mol. The maximum Gasteiger partial charge on any atom is 0.266 e. The topological polar surface area (TPSA) is 121 Å². The van der Waals surface area contributed by atoms with Crippen LogP contribution in [0.5, 0.6) is 0 Å². The third kappa shape index (κ3) is 4.83. The Hall–Kier alpha value is -0.990. The normalized spacial score (nSPS) is 42.9. The number of carbonyl (C=O) groups is 2. The van der Waals surface area contributed by atoms with Crippen molar-refractivity contribution in [1.82, 2.24) is 5.32 Å². The first kappa shape index (κ1) is 26.1. The van der Waals surface area contributed by atoms with Crippen molar-refractivity contribution in [2.75, 3.05) is 12.3 Å². The Balaban J connectivity index is 1.39. The molecule has 1 amide bonds. The predicted molar refractivity (Wildman–Crippen MR) is 129 cm³/mol. The van der Waals surface area contributed by atoms with E-state index in [0.717, 1.165) is 44.9 Å². The average Bonchev–Trinajstić information content (AvgIpc) is 3.09. The van der Waals surface area contributed by atoms with Crippen molar-refractivity contribution in [3.63, 3.8) is 0 Å². The zero-order valence-corrected chi connectivity index (χ0v) is 21.8. The summed E-state index contributed by atoms with van der Waals surface area (Å²) >= 11 is 0. The highest BCUT2D eigenvalue weighted by molar-refractivity contribution is 7.85. The summed E-state index contributed by atoms with van der Waals surface area (Å²) in [6, 6.07) is 0. The van der Waals surface area contributed by atoms with Crippen LogP contribution in [0.2, 0.25) is 0 Å². The van der Waals surface area contributed by atoms with Gasteiger partial charge in [0.05, 0.1) is 11.9 Å². The quantitative estimate of drug-likeness (QED) is 0.462. The minimum atomic E-state index is -4.07. The fourth-order valence-corrected chi connectivity index (χ4v) is 9.32. The standard InChI is InChI=1S/C26H43NO6S/c1-16(4-7-23(30)27-12-13-34(31,32)33)19-5-6-20-24-21(9-11-26(19,20)3)25(2)10-8-18(28)14-17(25)15-22(24)29/h16-17,19-22,24,29H,4-15H2,1-3H3,(H,27,30)(H,31,32,33). The van der Waals surface area contributed by atoms with Gasteiger partial charge in [0, 0.05) is 25.8 Å². The molecule has 4 saturated carbocycles. The van der Waals surface area contributed by atoms with Crippen LogP contribution in [0.1, 0.15) is 85.0 Å². The Morgan fingerprint density at radius 2 is 1.85 bits per heavy atom. The third-order valence-corrected chi connectivity index (χ3v) is 11.5. The SMILES string of the molecule is CC(CCC(=O)NCCS(=O)(=O)O)C1CCC2C3C(O)CC4CC(=O)CCC4(C)C3CCC12C. The molecule has 9 unspecified atom stereocenters. The number of amides is 1. The summed E-state index contributed by atoms with van der Waals surface area (Å²) in [5, 5.41) is 13.9. The summed E-state index contributed by atoms with van der Waals surface area (Å²) in [5.41, 5.74) is 0.333. The number of aliphatic hydroxyl groups excluding tert-OH is 1. The van der Waals surface area contributed by atoms with Gasteiger partial charge in [0.25, 0.3) is 10.1 Å². The van der Waals surface area contributed by atoms with Gasteiger partial charge in [-0.2, -0.15) is 8.42 Å². The molecular weight excluding hydrogens is 454 g/mol. The maximum atomic E-state index is 12.2. The number of aliphatic hydroxyl groups is 1. The zero-order valence-electron chi connectivity index (χ0n) is 21.0. The van der Waals surface area contributed by atoms with E-state index >= 15 is 0 Å². The molecule has 0 aliphatic heterocycles. The Morgan fingerprint density at radius 1 is 1.15 bits per heavy atom. The molecule has 4 fully saturated rings. The third-order valence-electron chi connectivity index (χ3n) is 10.8. The molecule has 0 aromatic rings. The molecule has 0 aromatic heterocycles. The minimum absolute atomic E-state index is 0.0679. The highest BCUT2D eigenvalue weighted by atomic mass is 32.2. The number of hydrogen-bond donors (Lipinski definition) is 3. The lowest BCUT2D eigenvalue weighted by atomic mass is 9.44. The lowest BCUT2D eigenvalue weighted by Crippen LogP contribution is -2.58. The molecule has 34 heavy (non-hydrogen) atoms. The first-order chi connectivity index (χ1) is 15.8. The van der Waals surface area contributed by atoms with E-state index in [1.54, 1.807) is 0 Å². The van der Waals surface area contributed by atoms with E-state index in [9.17, 15) is 23.1 Å². The molecule has 0 saturated heterocycles. The fourth-order valence-electron chi connectivity index (χ4n) is 8.96. The molecule has 7 nitrogen and oxygen atoms in total. The van der Waals surface area contributed by atoms with Crippen LogP contribution < -0.4 is 5.32 Å². The largest absolute Gasteiger partial charge is 0.393 e. The molecule has 4 aliphatic carbocycles. The van der Waals surface area contributed by atoms with E-state index in [0.29, 0.717) is 60.6 Å². The van der Waals surface area contributed by atoms with E-state index in [2.05, 4.69) is 26.1 Å². The number of ketones is 1. The van der Waals surface area contributed by atoms with Gasteiger partial charge in [0.2, 0.25) is 5.91 Å². The first-order valence-electron chi connectivity index (χ1n) is 13.3. The molecule has 0 heterocycles. The molecule has 0 spiro atoms. The number of hydrogen-bond acceptors (Lipinski definition) is 5. The van der Waals surface area contributed by atoms with E-state index in [1.807, 2.05) is 0 Å². The van der Waals surface area contributed by atoms with Crippen LogP contribution in [0.3, 0.4) is 0 Å². The van der Waals surface area contributed by atoms with Gasteiger partial charge in [0.1, 0.15) is 5.78 Å². The lowest BCUT2D eigenvalue weighted by molar-refractivity contribution is -0.168. The summed E-state index contributed by atoms with van der Waals surface area (Å²) in [5.74, 6) is 2.24. The molecule has 0 radical (unpaired) electrons. The van der Waals surface area contributed by atoms with Gasteiger partial charge in [-0.25, -0.2) is 0 Å². The molecule has 3 N–H and O–H groups in total. The number of carbonyl (C=O) groups excluding carboxylic acids is 2. The second-order valence-electron chi connectivity index (χ2n) is 12.4. The Bertz CT molecular complexity index is 905. The van der Waals surface area contributed by atoms with E-state index < -0.39 is 15.9 Å². The van der Waals surface area contributed by atoms with Crippen LogP contribution in [0.25, 0.3) is 0 Å². The summed E-state index contributed by atoms with van der Waals surface area (Å²) in [4.78, 5) is 24.3. The maximum absolute atomic E-state index is 12.2. The van der Waals surface area contributed by atoms with Gasteiger partial charge in [-0.3, -0.25) is 14.1 Å². The van der Waals surface area contributed by atoms with Gasteiger partial charge >= 0.3 is 0 Å². The summed E-state index contributed by atoms with van der Waals surface area (Å²) < 4.78 is 30.5. The molecule has 4 rings (SSSR count). The van der Waals surface area contributed by atoms with Crippen molar-refractivity contribution >= 4 is 21.8 Å². The van der Waals surface area contributed by atoms with Crippen LogP contribution in [0.4, 0.5) is 0 Å². The number of fused-ring (bicyclic) bond motifs is 5. The fraction of sp³-hybridized carbons (Fsp3) is 0.923. The molecule has 0 aromatic carbocycles. The van der Waals surface area contributed by atoms with E-state index in [4.69, 9.17) is 4.55 Å². The summed E-state index contributed by atoms with van der Waals surface area (Å²) in [6.45, 7) is 6.98. The number of Topliss-reactive ketones (excluding diaryl/α,β-unsaturated/α-hetero) is 1. The Morgan fingerprint density at radius 3 is 2.56 bits per heavy atom. The second kappa shape index (κ2) is 9.47. The van der Waals surface area contributed by atoms with Crippen LogP contribution in [-0.2, 0) is 19.7 Å². The van der Waals surface area contributed by atoms with Crippen molar-refractivity contribution in [3.05, 3.63) is 0 Å². The van der Waals surface area contributed by atoms with Gasteiger partial charge in [-0.15, -0.1) is 0 Å². The first-order valence-corrected chi connectivity index (χ1v) is 14.9. The van der Waals surface area contributed by atoms with Crippen LogP contribution in [-0.4, -0.2) is 48.2 Å². The van der Waals surface area contributed by atoms with Crippen molar-refractivity contribution < 1.29 is 27.7 Å². The molecule has 194 valence electrons. The molecule has 0 bridgehead atoms. The van der Waals surface area contributed by atoms with Gasteiger partial charge in [-0.1, -0.05) is 20.8 Å². The minimum Gasteiger partial charge on any atom is -0.393 e. The van der Waals surface area contributed by atoms with Crippen LogP contribution in [0.15, 0.2) is 0 Å². The van der Waals surface area contributed by atoms with E-state index in [-0.39, 0.29) is 29.4 Å². The predicted octanol–water partition coefficient (Wildman–Crippen LogP) is 3.61. The second-order valence-corrected chi connectivity index (χ2v) is 14.0. The lowest BCUT2D eigenvalue weighted by Gasteiger charge is -2.62. The van der Waals surface area contributed by atoms with Crippen molar-refractivity contribution in [2.45, 2.75) is 91.1 Å². The molecule has 8 heteroatoms. The van der Waals surface area contributed by atoms with Crippen LogP contribution >= 0.6 is 0 Å². The Labute approximate surface area is 204 Å². The molecule has 4 aliphatic rings. The number of nitrogens with one attached hydrogen (secondary N) is 1.